The number of nitrogens with one attached hydrogen (secondary N) is 2. The van der Waals surface area contributed by atoms with E-state index in [2.05, 4.69) is 51.7 Å². The highest BCUT2D eigenvalue weighted by atomic mass is 19.4. The van der Waals surface area contributed by atoms with Crippen LogP contribution >= 0.6 is 0 Å². The third kappa shape index (κ3) is 7.96. The standard InChI is InChI=1S/C46H47F3N4O7/c1-52-17-15-27-21-37(55-3)40-24-33(27)35(52)19-26-7-13-32(14-8-26)59-39-23-29(20-36-42-28(16-18-53(36)2)22-41(57-5)43(58-6)44(42)60-40)34(25-38(39)56-4)51-45(54)50-31-11-9-30(10-12-31)46(47,48)49/h7-14,21-25,35-36H,15-20H2,1-6H3,(H2,50,51,54)/t35-,36-/m0/s1. The first kappa shape index (κ1) is 40.7. The molecule has 2 N–H and O–H groups in total. The molecule has 314 valence electrons. The van der Waals surface area contributed by atoms with E-state index in [1.807, 2.05) is 31.3 Å². The van der Waals surface area contributed by atoms with Crippen molar-refractivity contribution in [1.82, 2.24) is 9.80 Å². The Hall–Kier alpha value is -6.12. The number of likely N-dealkylation sites (N-methyl/N-ethyl adjacent to an activating group) is 2. The summed E-state index contributed by atoms with van der Waals surface area (Å²) < 4.78 is 77.2. The van der Waals surface area contributed by atoms with Crippen LogP contribution in [0.1, 0.15) is 51.0 Å². The topological polar surface area (TPSA) is 103 Å². The number of urea groups is 1. The van der Waals surface area contributed by atoms with Crippen molar-refractivity contribution >= 4 is 17.4 Å². The van der Waals surface area contributed by atoms with E-state index in [-0.39, 0.29) is 17.8 Å². The summed E-state index contributed by atoms with van der Waals surface area (Å²) in [6, 6.07) is 21.0. The molecule has 4 aliphatic heterocycles. The molecule has 0 radical (unpaired) electrons. The number of nitrogens with zero attached hydrogens (tertiary/aromatic N) is 2. The first-order valence-electron chi connectivity index (χ1n) is 19.7. The van der Waals surface area contributed by atoms with Crippen LogP contribution in [0.4, 0.5) is 29.3 Å². The molecule has 0 saturated carbocycles. The van der Waals surface area contributed by atoms with Gasteiger partial charge >= 0.3 is 12.2 Å². The van der Waals surface area contributed by atoms with Crippen LogP contribution in [0.5, 0.6) is 46.0 Å². The number of halogens is 3. The summed E-state index contributed by atoms with van der Waals surface area (Å²) in [5.41, 5.74) is 5.81. The predicted octanol–water partition coefficient (Wildman–Crippen LogP) is 9.83. The fourth-order valence-corrected chi connectivity index (χ4v) is 8.49. The van der Waals surface area contributed by atoms with Crippen molar-refractivity contribution in [2.24, 2.45) is 0 Å². The number of ether oxygens (including phenoxy) is 6. The van der Waals surface area contributed by atoms with Crippen LogP contribution in [0.3, 0.4) is 0 Å². The normalized spacial score (nSPS) is 17.6. The molecule has 60 heavy (non-hydrogen) atoms. The zero-order chi connectivity index (χ0) is 42.3. The van der Waals surface area contributed by atoms with Crippen molar-refractivity contribution in [2.45, 2.75) is 43.9 Å². The highest BCUT2D eigenvalue weighted by Gasteiger charge is 2.36. The van der Waals surface area contributed by atoms with Gasteiger partial charge in [0.2, 0.25) is 5.75 Å². The fraction of sp³-hybridized carbons (Fsp3) is 0.326. The van der Waals surface area contributed by atoms with Crippen molar-refractivity contribution in [3.8, 4) is 46.0 Å². The number of carbonyl (C=O) groups is 1. The van der Waals surface area contributed by atoms with Crippen molar-refractivity contribution in [3.05, 3.63) is 118 Å². The third-order valence-corrected chi connectivity index (χ3v) is 11.7. The van der Waals surface area contributed by atoms with Crippen LogP contribution in [0.25, 0.3) is 0 Å². The van der Waals surface area contributed by atoms with Gasteiger partial charge in [-0.2, -0.15) is 13.2 Å². The number of fused-ring (bicyclic) bond motifs is 2. The van der Waals surface area contributed by atoms with Crippen LogP contribution in [-0.2, 0) is 31.9 Å². The lowest BCUT2D eigenvalue weighted by molar-refractivity contribution is -0.137. The number of rotatable bonds is 6. The van der Waals surface area contributed by atoms with E-state index in [0.29, 0.717) is 76.6 Å². The van der Waals surface area contributed by atoms with Crippen LogP contribution in [0.2, 0.25) is 0 Å². The average molecular weight is 825 g/mol. The van der Waals surface area contributed by atoms with Gasteiger partial charge in [0.15, 0.2) is 34.5 Å². The molecule has 14 heteroatoms. The van der Waals surface area contributed by atoms with Gasteiger partial charge in [-0.1, -0.05) is 12.1 Å². The molecule has 9 rings (SSSR count). The molecular formula is C46H47F3N4O7. The summed E-state index contributed by atoms with van der Waals surface area (Å²) in [5, 5.41) is 5.59. The van der Waals surface area contributed by atoms with Crippen LogP contribution in [0.15, 0.2) is 78.9 Å². The summed E-state index contributed by atoms with van der Waals surface area (Å²) >= 11 is 0. The second-order valence-corrected chi connectivity index (χ2v) is 15.3. The van der Waals surface area contributed by atoms with Gasteiger partial charge in [0.1, 0.15) is 5.75 Å². The van der Waals surface area contributed by atoms with Gasteiger partial charge < -0.3 is 39.1 Å². The van der Waals surface area contributed by atoms with Crippen LogP contribution in [0, 0.1) is 0 Å². The lowest BCUT2D eigenvalue weighted by Gasteiger charge is -2.37. The molecule has 2 atom stereocenters. The Kier molecular flexibility index (Phi) is 11.2. The smallest absolute Gasteiger partial charge is 0.416 e. The van der Waals surface area contributed by atoms with E-state index in [4.69, 9.17) is 28.4 Å². The van der Waals surface area contributed by atoms with E-state index < -0.39 is 17.8 Å². The molecule has 4 heterocycles. The quantitative estimate of drug-likeness (QED) is 0.173. The van der Waals surface area contributed by atoms with Gasteiger partial charge in [-0.05, 0) is 128 Å². The molecule has 0 aliphatic carbocycles. The Bertz CT molecular complexity index is 2410. The number of benzene rings is 5. The van der Waals surface area contributed by atoms with Gasteiger partial charge in [-0.25, -0.2) is 4.79 Å². The lowest BCUT2D eigenvalue weighted by Crippen LogP contribution is -2.34. The Labute approximate surface area is 346 Å². The number of hydrogen-bond acceptors (Lipinski definition) is 9. The Morgan fingerprint density at radius 3 is 1.98 bits per heavy atom. The third-order valence-electron chi connectivity index (χ3n) is 11.7. The summed E-state index contributed by atoms with van der Waals surface area (Å²) in [6.07, 6.45) is -1.87. The molecule has 0 aromatic heterocycles. The molecule has 11 nitrogen and oxygen atoms in total. The molecule has 0 unspecified atom stereocenters. The molecule has 6 bridgehead atoms. The summed E-state index contributed by atoms with van der Waals surface area (Å²) in [5.74, 6) is 3.95. The number of carbonyl (C=O) groups excluding carboxylic acids is 1. The second kappa shape index (κ2) is 16.5. The minimum atomic E-state index is -4.51. The maximum atomic E-state index is 13.6. The molecule has 4 aliphatic rings. The van der Waals surface area contributed by atoms with Gasteiger partial charge in [0.05, 0.1) is 34.0 Å². The van der Waals surface area contributed by atoms with E-state index in [9.17, 15) is 18.0 Å². The maximum absolute atomic E-state index is 13.6. The zero-order valence-electron chi connectivity index (χ0n) is 34.3. The maximum Gasteiger partial charge on any atom is 0.416 e. The van der Waals surface area contributed by atoms with Gasteiger partial charge in [0.25, 0.3) is 0 Å². The monoisotopic (exact) mass is 824 g/mol. The Morgan fingerprint density at radius 1 is 0.683 bits per heavy atom. The zero-order valence-corrected chi connectivity index (χ0v) is 34.3. The van der Waals surface area contributed by atoms with Crippen LogP contribution < -0.4 is 39.1 Å². The van der Waals surface area contributed by atoms with E-state index >= 15 is 0 Å². The largest absolute Gasteiger partial charge is 0.493 e. The highest BCUT2D eigenvalue weighted by molar-refractivity contribution is 6.00. The number of amides is 2. The average Bonchev–Trinajstić information content (AvgIpc) is 3.23. The lowest BCUT2D eigenvalue weighted by atomic mass is 9.86. The Morgan fingerprint density at radius 2 is 1.32 bits per heavy atom. The molecule has 0 saturated heterocycles. The minimum Gasteiger partial charge on any atom is -0.493 e. The van der Waals surface area contributed by atoms with Crippen molar-refractivity contribution in [2.75, 3.05) is 66.3 Å². The van der Waals surface area contributed by atoms with E-state index in [1.165, 1.54) is 24.8 Å². The minimum absolute atomic E-state index is 0.0619. The van der Waals surface area contributed by atoms with Crippen LogP contribution in [-0.4, -0.2) is 71.5 Å². The van der Waals surface area contributed by atoms with Crippen molar-refractivity contribution < 1.29 is 46.4 Å². The summed E-state index contributed by atoms with van der Waals surface area (Å²) in [7, 11) is 10.5. The first-order chi connectivity index (χ1) is 28.9. The molecule has 5 aromatic rings. The van der Waals surface area contributed by atoms with E-state index in [0.717, 1.165) is 53.8 Å². The first-order valence-corrected chi connectivity index (χ1v) is 19.7. The summed E-state index contributed by atoms with van der Waals surface area (Å²) in [4.78, 5) is 18.2. The number of alkyl halides is 3. The van der Waals surface area contributed by atoms with Gasteiger partial charge in [0, 0.05) is 48.2 Å². The molecule has 5 aromatic carbocycles. The van der Waals surface area contributed by atoms with Gasteiger partial charge in [-0.15, -0.1) is 0 Å². The van der Waals surface area contributed by atoms with Crippen molar-refractivity contribution in [3.63, 3.8) is 0 Å². The number of anilines is 2. The molecule has 2 amide bonds. The number of methoxy groups -OCH3 is 4. The predicted molar refractivity (Wildman–Crippen MR) is 222 cm³/mol. The van der Waals surface area contributed by atoms with Gasteiger partial charge in [-0.3, -0.25) is 9.80 Å². The SMILES string of the molecule is COc1cc(NC(=O)Nc2ccc(C(F)(F)F)cc2)c2cc1Oc1ccc(cc1)C[C@H]1c3cc(c(OC)cc3CCN1C)Oc1c(OC)c(OC)cc3c1[C@H](C2)N(C)CC3. The molecule has 0 spiro atoms. The van der Waals surface area contributed by atoms with Crippen molar-refractivity contribution in [1.29, 1.82) is 0 Å². The highest BCUT2D eigenvalue weighted by Crippen LogP contribution is 2.52. The fourth-order valence-electron chi connectivity index (χ4n) is 8.49. The summed E-state index contributed by atoms with van der Waals surface area (Å²) in [6.45, 7) is 1.59. The number of hydrogen-bond donors (Lipinski definition) is 2. The Balaban J connectivity index is 1.29. The van der Waals surface area contributed by atoms with E-state index in [1.54, 1.807) is 27.4 Å². The molecule has 0 fully saturated rings. The second-order valence-electron chi connectivity index (χ2n) is 15.3. The molecular weight excluding hydrogens is 778 g/mol.